The average molecular weight is 344 g/mol. The number of benzene rings is 1. The Morgan fingerprint density at radius 3 is 2.18 bits per heavy atom. The van der Waals surface area contributed by atoms with Crippen LogP contribution in [0.2, 0.25) is 0 Å². The van der Waals surface area contributed by atoms with Crippen molar-refractivity contribution in [2.75, 3.05) is 11.9 Å². The van der Waals surface area contributed by atoms with Crippen molar-refractivity contribution in [2.24, 2.45) is 5.41 Å². The number of nitrogens with one attached hydrogen (secondary N) is 1. The minimum atomic E-state index is -1.09. The van der Waals surface area contributed by atoms with E-state index in [0.29, 0.717) is 6.42 Å². The summed E-state index contributed by atoms with van der Waals surface area (Å²) in [5, 5.41) is 2.77. The fourth-order valence-corrected chi connectivity index (χ4v) is 3.15. The molecule has 120 valence electrons. The maximum Gasteiger partial charge on any atom is 0.315 e. The molecule has 0 spiro atoms. The Kier molecular flexibility index (Phi) is 4.46. The highest BCUT2D eigenvalue weighted by molar-refractivity contribution is 6.53. The zero-order valence-corrected chi connectivity index (χ0v) is 14.6. The average Bonchev–Trinajstić information content (AvgIpc) is 2.91. The number of halogens is 2. The molecule has 4 nitrogen and oxygen atoms in total. The Bertz CT molecular complexity index is 619. The second-order valence-corrected chi connectivity index (χ2v) is 7.60. The normalized spacial score (nSPS) is 22.1. The minimum absolute atomic E-state index is 0.333. The van der Waals surface area contributed by atoms with Crippen molar-refractivity contribution < 1.29 is 14.3 Å². The standard InChI is InChI=1S/C16H19Cl2NO3/c1-9-5-10(2)13(11(3)6-9)19-12(20)7-22-14(21)15(4)8-16(15,17)18/h5-6H,7-8H2,1-4H3,(H,19,20)/t15-/m0/s1. The topological polar surface area (TPSA) is 55.4 Å². The molecule has 0 heterocycles. The Morgan fingerprint density at radius 1 is 1.23 bits per heavy atom. The van der Waals surface area contributed by atoms with E-state index in [1.165, 1.54) is 0 Å². The minimum Gasteiger partial charge on any atom is -0.455 e. The quantitative estimate of drug-likeness (QED) is 0.670. The Hall–Kier alpha value is -1.26. The first-order valence-electron chi connectivity index (χ1n) is 6.99. The largest absolute Gasteiger partial charge is 0.455 e. The van der Waals surface area contributed by atoms with E-state index in [9.17, 15) is 9.59 Å². The van der Waals surface area contributed by atoms with Gasteiger partial charge in [-0.15, -0.1) is 23.2 Å². The molecule has 1 amide bonds. The van der Waals surface area contributed by atoms with Gasteiger partial charge in [-0.25, -0.2) is 0 Å². The van der Waals surface area contributed by atoms with Crippen molar-refractivity contribution in [3.05, 3.63) is 28.8 Å². The molecule has 2 rings (SSSR count). The van der Waals surface area contributed by atoms with Gasteiger partial charge in [0.25, 0.3) is 5.91 Å². The van der Waals surface area contributed by atoms with Gasteiger partial charge in [-0.2, -0.15) is 0 Å². The number of rotatable bonds is 4. The van der Waals surface area contributed by atoms with Gasteiger partial charge in [-0.3, -0.25) is 9.59 Å². The molecule has 1 fully saturated rings. The van der Waals surface area contributed by atoms with E-state index in [-0.39, 0.29) is 12.5 Å². The summed E-state index contributed by atoms with van der Waals surface area (Å²) in [5.41, 5.74) is 2.88. The molecule has 6 heteroatoms. The lowest BCUT2D eigenvalue weighted by molar-refractivity contribution is -0.152. The van der Waals surface area contributed by atoms with E-state index >= 15 is 0 Å². The van der Waals surface area contributed by atoms with Crippen LogP contribution in [-0.4, -0.2) is 22.8 Å². The molecule has 0 saturated heterocycles. The Morgan fingerprint density at radius 2 is 1.73 bits per heavy atom. The lowest BCUT2D eigenvalue weighted by Gasteiger charge is -2.14. The Labute approximate surface area is 140 Å². The molecule has 0 aliphatic heterocycles. The fourth-order valence-electron chi connectivity index (χ4n) is 2.46. The number of carbonyl (C=O) groups excluding carboxylic acids is 2. The van der Waals surface area contributed by atoms with Crippen LogP contribution in [0, 0.1) is 26.2 Å². The molecule has 1 N–H and O–H groups in total. The van der Waals surface area contributed by atoms with Gasteiger partial charge in [0.1, 0.15) is 9.75 Å². The summed E-state index contributed by atoms with van der Waals surface area (Å²) < 4.78 is 3.93. The van der Waals surface area contributed by atoms with Gasteiger partial charge in [0, 0.05) is 12.1 Å². The number of hydrogen-bond donors (Lipinski definition) is 1. The van der Waals surface area contributed by atoms with Crippen molar-refractivity contribution in [1.82, 2.24) is 0 Å². The molecule has 1 aromatic rings. The second-order valence-electron chi connectivity index (χ2n) is 6.11. The van der Waals surface area contributed by atoms with Crippen molar-refractivity contribution in [3.63, 3.8) is 0 Å². The maximum absolute atomic E-state index is 12.0. The summed E-state index contributed by atoms with van der Waals surface area (Å²) in [7, 11) is 0. The lowest BCUT2D eigenvalue weighted by Crippen LogP contribution is -2.27. The lowest BCUT2D eigenvalue weighted by atomic mass is 10.1. The molecule has 1 atom stereocenters. The van der Waals surface area contributed by atoms with Gasteiger partial charge < -0.3 is 10.1 Å². The zero-order valence-electron chi connectivity index (χ0n) is 13.0. The predicted molar refractivity (Wildman–Crippen MR) is 87.4 cm³/mol. The van der Waals surface area contributed by atoms with Crippen LogP contribution in [0.3, 0.4) is 0 Å². The van der Waals surface area contributed by atoms with Crippen LogP contribution in [0.1, 0.15) is 30.0 Å². The molecule has 1 saturated carbocycles. The highest BCUT2D eigenvalue weighted by Gasteiger charge is 2.69. The van der Waals surface area contributed by atoms with Crippen molar-refractivity contribution >= 4 is 40.8 Å². The van der Waals surface area contributed by atoms with Gasteiger partial charge in [0.15, 0.2) is 6.61 Å². The number of alkyl halides is 2. The highest BCUT2D eigenvalue weighted by atomic mass is 35.5. The van der Waals surface area contributed by atoms with Crippen LogP contribution in [0.4, 0.5) is 5.69 Å². The number of ether oxygens (including phenoxy) is 1. The number of esters is 1. The number of amides is 1. The van der Waals surface area contributed by atoms with Crippen molar-refractivity contribution in [1.29, 1.82) is 0 Å². The molecule has 0 bridgehead atoms. The first-order valence-corrected chi connectivity index (χ1v) is 7.75. The molecular formula is C16H19Cl2NO3. The third-order valence-electron chi connectivity index (χ3n) is 3.98. The molecule has 22 heavy (non-hydrogen) atoms. The van der Waals surface area contributed by atoms with Crippen LogP contribution >= 0.6 is 23.2 Å². The first kappa shape index (κ1) is 17.1. The molecule has 0 radical (unpaired) electrons. The molecular weight excluding hydrogens is 325 g/mol. The summed E-state index contributed by atoms with van der Waals surface area (Å²) in [4.78, 5) is 23.9. The summed E-state index contributed by atoms with van der Waals surface area (Å²) in [6.45, 7) is 7.10. The summed E-state index contributed by atoms with van der Waals surface area (Å²) in [6.07, 6.45) is 0.333. The number of aryl methyl sites for hydroxylation is 3. The monoisotopic (exact) mass is 343 g/mol. The van der Waals surface area contributed by atoms with Gasteiger partial charge in [-0.05, 0) is 38.8 Å². The molecule has 1 aliphatic rings. The third kappa shape index (κ3) is 3.23. The molecule has 0 unspecified atom stereocenters. The van der Waals surface area contributed by atoms with Crippen molar-refractivity contribution in [3.8, 4) is 0 Å². The molecule has 0 aromatic heterocycles. The van der Waals surface area contributed by atoms with E-state index in [4.69, 9.17) is 27.9 Å². The van der Waals surface area contributed by atoms with Crippen LogP contribution in [0.5, 0.6) is 0 Å². The molecule has 1 aromatic carbocycles. The zero-order chi connectivity index (χ0) is 16.7. The molecule has 1 aliphatic carbocycles. The van der Waals surface area contributed by atoms with Gasteiger partial charge in [0.05, 0.1) is 0 Å². The summed E-state index contributed by atoms with van der Waals surface area (Å²) >= 11 is 11.8. The summed E-state index contributed by atoms with van der Waals surface area (Å²) in [6, 6.07) is 3.96. The van der Waals surface area contributed by atoms with E-state index in [1.54, 1.807) is 6.92 Å². The highest BCUT2D eigenvalue weighted by Crippen LogP contribution is 2.64. The van der Waals surface area contributed by atoms with E-state index < -0.39 is 15.7 Å². The number of anilines is 1. The smallest absolute Gasteiger partial charge is 0.315 e. The summed E-state index contributed by atoms with van der Waals surface area (Å²) in [5.74, 6) is -0.938. The SMILES string of the molecule is Cc1cc(C)c(NC(=O)COC(=O)[C@]2(C)CC2(Cl)Cl)c(C)c1. The van der Waals surface area contributed by atoms with E-state index in [0.717, 1.165) is 22.4 Å². The van der Waals surface area contributed by atoms with Crippen LogP contribution in [-0.2, 0) is 14.3 Å². The van der Waals surface area contributed by atoms with E-state index in [1.807, 2.05) is 32.9 Å². The third-order valence-corrected chi connectivity index (χ3v) is 5.09. The van der Waals surface area contributed by atoms with Gasteiger partial charge in [-0.1, -0.05) is 17.7 Å². The number of hydrogen-bond acceptors (Lipinski definition) is 3. The maximum atomic E-state index is 12.0. The van der Waals surface area contributed by atoms with Crippen LogP contribution in [0.15, 0.2) is 12.1 Å². The van der Waals surface area contributed by atoms with E-state index in [2.05, 4.69) is 5.32 Å². The van der Waals surface area contributed by atoms with Gasteiger partial charge in [0.2, 0.25) is 0 Å². The van der Waals surface area contributed by atoms with Crippen LogP contribution in [0.25, 0.3) is 0 Å². The Balaban J connectivity index is 1.94. The predicted octanol–water partition coefficient (Wildman–Crippen LogP) is 3.68. The first-order chi connectivity index (χ1) is 10.1. The van der Waals surface area contributed by atoms with Crippen LogP contribution < -0.4 is 5.32 Å². The number of carbonyl (C=O) groups is 2. The fraction of sp³-hybridized carbons (Fsp3) is 0.500. The van der Waals surface area contributed by atoms with Gasteiger partial charge >= 0.3 is 5.97 Å². The van der Waals surface area contributed by atoms with Crippen molar-refractivity contribution in [2.45, 2.75) is 38.4 Å². The second kappa shape index (κ2) is 5.74.